The minimum absolute atomic E-state index is 0.0536. The maximum absolute atomic E-state index is 2.49. The van der Waals surface area contributed by atoms with E-state index in [1.807, 2.05) is 0 Å². The lowest BCUT2D eigenvalue weighted by Gasteiger charge is -2.57. The van der Waals surface area contributed by atoms with Gasteiger partial charge in [-0.2, -0.15) is 0 Å². The molecule has 0 aliphatic heterocycles. The predicted octanol–water partition coefficient (Wildman–Crippen LogP) is 13.9. The fourth-order valence-corrected chi connectivity index (χ4v) is 12.6. The fourth-order valence-electron chi connectivity index (χ4n) is 12.6. The Labute approximate surface area is 315 Å². The normalized spacial score (nSPS) is 24.7. The maximum atomic E-state index is 2.49. The molecule has 0 saturated heterocycles. The first kappa shape index (κ1) is 31.6. The number of rotatable bonds is 5. The van der Waals surface area contributed by atoms with Crippen LogP contribution in [0.15, 0.2) is 133 Å². The molecule has 262 valence electrons. The van der Waals surface area contributed by atoms with Gasteiger partial charge in [0, 0.05) is 27.9 Å². The second kappa shape index (κ2) is 11.1. The second-order valence-corrected chi connectivity index (χ2v) is 18.4. The van der Waals surface area contributed by atoms with Crippen LogP contribution in [0, 0.1) is 17.8 Å². The van der Waals surface area contributed by atoms with Crippen LogP contribution in [-0.4, -0.2) is 0 Å². The highest BCUT2D eigenvalue weighted by Crippen LogP contribution is 2.61. The van der Waals surface area contributed by atoms with Crippen molar-refractivity contribution in [1.29, 1.82) is 0 Å². The van der Waals surface area contributed by atoms with Crippen LogP contribution in [-0.2, 0) is 16.2 Å². The first-order valence-electron chi connectivity index (χ1n) is 20.2. The van der Waals surface area contributed by atoms with Gasteiger partial charge in [-0.25, -0.2) is 0 Å². The summed E-state index contributed by atoms with van der Waals surface area (Å²) in [6, 6.07) is 51.2. The SMILES string of the molecule is CC1(C)c2ccc(-c3cccc4c3C(C)(C)c3ccccc3-4)cc2-c2ccc(N(c3ccccc3)c3ccc(C45CC6CC(CC(C6)C4)C5)cc3)cc21. The number of benzene rings is 6. The van der Waals surface area contributed by atoms with E-state index in [1.165, 1.54) is 111 Å². The van der Waals surface area contributed by atoms with E-state index < -0.39 is 0 Å². The van der Waals surface area contributed by atoms with E-state index in [0.29, 0.717) is 5.41 Å². The van der Waals surface area contributed by atoms with Crippen molar-refractivity contribution in [2.45, 2.75) is 82.5 Å². The van der Waals surface area contributed by atoms with Crippen LogP contribution in [0.25, 0.3) is 33.4 Å². The monoisotopic (exact) mass is 687 g/mol. The van der Waals surface area contributed by atoms with Gasteiger partial charge in [0.1, 0.15) is 0 Å². The summed E-state index contributed by atoms with van der Waals surface area (Å²) in [5.74, 6) is 2.86. The lowest BCUT2D eigenvalue weighted by molar-refractivity contribution is -0.00518. The molecule has 0 radical (unpaired) electrons. The van der Waals surface area contributed by atoms with Gasteiger partial charge < -0.3 is 4.90 Å². The Morgan fingerprint density at radius 1 is 0.434 bits per heavy atom. The summed E-state index contributed by atoms with van der Waals surface area (Å²) in [4.78, 5) is 2.47. The van der Waals surface area contributed by atoms with Gasteiger partial charge >= 0.3 is 0 Å². The Kier molecular flexibility index (Phi) is 6.61. The molecule has 6 aliphatic carbocycles. The molecule has 53 heavy (non-hydrogen) atoms. The number of hydrogen-bond acceptors (Lipinski definition) is 1. The van der Waals surface area contributed by atoms with Gasteiger partial charge in [-0.05, 0) is 165 Å². The third-order valence-corrected chi connectivity index (χ3v) is 14.6. The average Bonchev–Trinajstić information content (AvgIpc) is 3.54. The third-order valence-electron chi connectivity index (χ3n) is 14.6. The molecule has 0 unspecified atom stereocenters. The third kappa shape index (κ3) is 4.56. The molecule has 6 aromatic carbocycles. The van der Waals surface area contributed by atoms with Crippen molar-refractivity contribution in [2.75, 3.05) is 4.90 Å². The molecule has 0 aromatic heterocycles. The molecule has 0 atom stereocenters. The van der Waals surface area contributed by atoms with Crippen LogP contribution >= 0.6 is 0 Å². The first-order chi connectivity index (χ1) is 25.7. The van der Waals surface area contributed by atoms with Crippen molar-refractivity contribution < 1.29 is 0 Å². The minimum Gasteiger partial charge on any atom is -0.310 e. The Morgan fingerprint density at radius 3 is 1.75 bits per heavy atom. The van der Waals surface area contributed by atoms with Gasteiger partial charge in [0.2, 0.25) is 0 Å². The molecule has 1 nitrogen and oxygen atoms in total. The topological polar surface area (TPSA) is 3.24 Å². The predicted molar refractivity (Wildman–Crippen MR) is 222 cm³/mol. The zero-order valence-corrected chi connectivity index (χ0v) is 31.6. The molecule has 12 rings (SSSR count). The van der Waals surface area contributed by atoms with Gasteiger partial charge in [-0.1, -0.05) is 119 Å². The van der Waals surface area contributed by atoms with Crippen molar-refractivity contribution in [2.24, 2.45) is 17.8 Å². The molecule has 1 heteroatoms. The van der Waals surface area contributed by atoms with Gasteiger partial charge in [0.15, 0.2) is 0 Å². The number of fused-ring (bicyclic) bond motifs is 6. The van der Waals surface area contributed by atoms with Gasteiger partial charge in [0.25, 0.3) is 0 Å². The zero-order chi connectivity index (χ0) is 35.7. The van der Waals surface area contributed by atoms with Crippen molar-refractivity contribution in [3.05, 3.63) is 161 Å². The lowest BCUT2D eigenvalue weighted by Crippen LogP contribution is -2.48. The van der Waals surface area contributed by atoms with Crippen molar-refractivity contribution in [3.8, 4) is 33.4 Å². The quantitative estimate of drug-likeness (QED) is 0.174. The van der Waals surface area contributed by atoms with E-state index in [9.17, 15) is 0 Å². The Balaban J connectivity index is 0.985. The smallest absolute Gasteiger partial charge is 0.0465 e. The summed E-state index contributed by atoms with van der Waals surface area (Å²) in [5.41, 5.74) is 19.3. The Hall–Kier alpha value is -4.88. The fraction of sp³-hybridized carbons (Fsp3) is 0.308. The highest BCUT2D eigenvalue weighted by Gasteiger charge is 2.51. The van der Waals surface area contributed by atoms with E-state index in [0.717, 1.165) is 17.8 Å². The van der Waals surface area contributed by atoms with E-state index in [2.05, 4.69) is 166 Å². The summed E-state index contributed by atoms with van der Waals surface area (Å²) >= 11 is 0. The van der Waals surface area contributed by atoms with E-state index in [-0.39, 0.29) is 10.8 Å². The molecule has 6 aromatic rings. The summed E-state index contributed by atoms with van der Waals surface area (Å²) in [5, 5.41) is 0. The molecule has 0 amide bonds. The molecule has 4 fully saturated rings. The van der Waals surface area contributed by atoms with E-state index >= 15 is 0 Å². The summed E-state index contributed by atoms with van der Waals surface area (Å²) < 4.78 is 0. The van der Waals surface area contributed by atoms with E-state index in [4.69, 9.17) is 0 Å². The lowest BCUT2D eigenvalue weighted by atomic mass is 9.48. The largest absolute Gasteiger partial charge is 0.310 e. The molecular formula is C52H49N. The standard InChI is InChI=1S/C52H49N/c1-50(2)47-24-17-36(41-14-10-15-44-42-13-8-9-16-46(42)51(3,4)49(41)44)28-45(47)43-23-22-40(29-48(43)50)53(38-11-6-5-7-12-38)39-20-18-37(19-21-39)52-30-33-25-34(31-52)27-35(26-33)32-52/h5-24,28-29,33-35H,25-27,30-32H2,1-4H3. The van der Waals surface area contributed by atoms with Crippen LogP contribution in [0.5, 0.6) is 0 Å². The van der Waals surface area contributed by atoms with Gasteiger partial charge in [-0.15, -0.1) is 0 Å². The number of nitrogens with zero attached hydrogens (tertiary/aromatic N) is 1. The minimum atomic E-state index is -0.113. The number of hydrogen-bond donors (Lipinski definition) is 0. The molecule has 0 heterocycles. The molecule has 4 bridgehead atoms. The average molecular weight is 688 g/mol. The maximum Gasteiger partial charge on any atom is 0.0465 e. The Morgan fingerprint density at radius 2 is 1.02 bits per heavy atom. The first-order valence-corrected chi connectivity index (χ1v) is 20.2. The van der Waals surface area contributed by atoms with Crippen molar-refractivity contribution in [3.63, 3.8) is 0 Å². The van der Waals surface area contributed by atoms with Crippen LogP contribution in [0.1, 0.15) is 94.0 Å². The van der Waals surface area contributed by atoms with Crippen LogP contribution in [0.3, 0.4) is 0 Å². The number of para-hydroxylation sites is 1. The molecule has 6 aliphatic rings. The van der Waals surface area contributed by atoms with Gasteiger partial charge in [0.05, 0.1) is 0 Å². The van der Waals surface area contributed by atoms with Crippen LogP contribution < -0.4 is 4.90 Å². The van der Waals surface area contributed by atoms with Crippen molar-refractivity contribution in [1.82, 2.24) is 0 Å². The van der Waals surface area contributed by atoms with Crippen molar-refractivity contribution >= 4 is 17.1 Å². The molecule has 4 saturated carbocycles. The van der Waals surface area contributed by atoms with Crippen LogP contribution in [0.2, 0.25) is 0 Å². The van der Waals surface area contributed by atoms with Crippen LogP contribution in [0.4, 0.5) is 17.1 Å². The summed E-state index contributed by atoms with van der Waals surface area (Å²) in [6.45, 7) is 9.61. The summed E-state index contributed by atoms with van der Waals surface area (Å²) in [7, 11) is 0. The van der Waals surface area contributed by atoms with Gasteiger partial charge in [-0.3, -0.25) is 0 Å². The van der Waals surface area contributed by atoms with E-state index in [1.54, 1.807) is 5.56 Å². The number of anilines is 3. The molecular weight excluding hydrogens is 639 g/mol. The highest BCUT2D eigenvalue weighted by atomic mass is 15.1. The second-order valence-electron chi connectivity index (χ2n) is 18.4. The Bertz CT molecular complexity index is 2390. The molecule has 0 spiro atoms. The zero-order valence-electron chi connectivity index (χ0n) is 31.6. The molecule has 0 N–H and O–H groups in total. The summed E-state index contributed by atoms with van der Waals surface area (Å²) in [6.07, 6.45) is 8.67. The highest BCUT2D eigenvalue weighted by molar-refractivity contribution is 5.92.